The van der Waals surface area contributed by atoms with Crippen molar-refractivity contribution in [3.8, 4) is 0 Å². The van der Waals surface area contributed by atoms with E-state index in [9.17, 15) is 187 Å². The second-order valence-corrected chi connectivity index (χ2v) is 37.4. The fourth-order valence-electron chi connectivity index (χ4n) is 19.1. The molecule has 12 fully saturated rings. The minimum atomic E-state index is -2.73. The summed E-state index contributed by atoms with van der Waals surface area (Å²) in [7, 11) is 0. The monoisotopic (exact) mass is 2150 g/mol. The van der Waals surface area contributed by atoms with Gasteiger partial charge in [-0.15, -0.1) is 0 Å². The van der Waals surface area contributed by atoms with Crippen LogP contribution in [0.15, 0.2) is 0 Å². The summed E-state index contributed by atoms with van der Waals surface area (Å²) in [6.45, 7) is -6.83. The smallest absolute Gasteiger partial charge is 0.217 e. The number of aliphatic hydroxyl groups excluding tert-OH is 32. The molecular formula is C82H137N5O60. The molecule has 0 spiro atoms. The lowest BCUT2D eigenvalue weighted by Crippen LogP contribution is -2.71. The maximum absolute atomic E-state index is 13.5. The van der Waals surface area contributed by atoms with Gasteiger partial charge in [0.2, 0.25) is 29.5 Å². The van der Waals surface area contributed by atoms with E-state index in [0.717, 1.165) is 34.6 Å². The molecule has 147 heavy (non-hydrogen) atoms. The molecule has 5 amide bonds. The van der Waals surface area contributed by atoms with E-state index in [-0.39, 0.29) is 0 Å². The van der Waals surface area contributed by atoms with E-state index >= 15 is 0 Å². The molecule has 12 aliphatic heterocycles. The first-order valence-corrected chi connectivity index (χ1v) is 47.0. The molecule has 37 N–H and O–H groups in total. The first-order valence-electron chi connectivity index (χ1n) is 47.0. The van der Waals surface area contributed by atoms with Crippen molar-refractivity contribution in [2.24, 2.45) is 0 Å². The number of carbonyl (C=O) groups is 5. The number of amides is 5. The average Bonchev–Trinajstić information content (AvgIpc) is 0.793. The number of aliphatic hydroxyl groups is 32. The number of rotatable bonds is 38. The maximum atomic E-state index is 13.5. The van der Waals surface area contributed by atoms with Crippen LogP contribution in [0.2, 0.25) is 0 Å². The lowest BCUT2D eigenvalue weighted by atomic mass is 9.93. The molecule has 60 atom stereocenters. The molecule has 0 aliphatic carbocycles. The number of hydrogen-bond acceptors (Lipinski definition) is 60. The van der Waals surface area contributed by atoms with Gasteiger partial charge in [-0.05, 0) is 6.92 Å². The van der Waals surface area contributed by atoms with Crippen molar-refractivity contribution >= 4 is 29.5 Å². The first-order chi connectivity index (χ1) is 69.5. The summed E-state index contributed by atoms with van der Waals surface area (Å²) in [5, 5.41) is 373. The molecule has 12 aliphatic rings. The fourth-order valence-corrected chi connectivity index (χ4v) is 19.1. The Balaban J connectivity index is 0.904. The number of nitrogens with one attached hydrogen (secondary N) is 5. The van der Waals surface area contributed by atoms with E-state index in [1.54, 1.807) is 0 Å². The van der Waals surface area contributed by atoms with Crippen molar-refractivity contribution in [1.29, 1.82) is 0 Å². The predicted octanol–water partition coefficient (Wildman–Crippen LogP) is -25.4. The SMILES string of the molecule is CC(=O)N[C@H]1[C@H](O[C@H]2[C@H](O)[C@@H](NC(C)=O)C(O)O[C@@H]2CO[C@@H]2O[C@@H](C)[C@@H](O)[C@@H](O)[C@@H]2O)O[C@H](CO)[C@@H](O[C@@H]2O[C@H](CO[C@H]3O[C@H](CO[C@@H]4O[C@H](CO)[C@@H](O[C@@H]5O[C@H](CO)[C@H](O)[C@H](O)[C@H]5O)[C@H](O)[C@H]4NC(C)=O)[C@@H](O)[C@H](O[C@@H]4O[C@H](CO)[C@@H](O[C@@H]5O[C@H](CO)[C@H](O)[C@H](O)[C@H]5O)[C@H](O)[C@H]4NC(C)=O)[C@@H]3O)[C@@H](O)[C@H](O[C@H]3O[C@H](CO)[C@@H](O)[C@H](O)[C@@H]3O[C@@H]3O[C@H](CO)[C@@H](O[C@@H]4O[C@H](CO)[C@H](O)[C@H](O)[C@H]4O)[C@H](O)[C@H]3NC(C)=O)[C@@H]2O)[C@@H]1O. The standard InChI is InChI=1S/C82H137N5O60/c1-18-40(101)52(113)57(118)76(128-18)127-17-34-67(47(108)35(71(124)129-34)83-19(2)96)140-73-37(85-21(4)98)49(110)66(31(14-95)135-73)144-81-62(123)69(146-82-70(56(117)44(105)27(10-91)133-82)147-75-39(87-23(6)100)51(112)65(30(13-94)137-75)143-80-60(121)55(116)43(104)26(9-90)132-80)46(107)33(139-81)16-126-77-61(122)68(145-74-38(86-22(5)99)50(111)64(29(12-93)136-74)142-79-59(120)54(115)42(103)25(8-89)131-79)45(106)32(138-77)15-125-72-36(84-20(3)97)48(109)63(28(11-92)134-72)141-78-58(119)53(114)41(102)24(7-88)130-78/h18,24-82,88-95,101-124H,7-17H2,1-6H3,(H,83,96)(H,84,97)(H,85,98)(H,86,99)(H,87,100)/t18-,24+,25+,26+,27+,28+,29+,30+,31+,32+,33+,34+,35+,36+,37+,38+,39+,40+,41-,42-,43-,44+,45+,46+,47+,48+,49+,50+,51+,52+,53-,54-,55-,56-,57-,58+,59+,60+,61-,62-,63+,64+,65+,66+,67+,68-,69-,70-,71?,72+,73-,74-,75-,76+,77-,78-,79-,80-,81-,82+/m0/s1. The van der Waals surface area contributed by atoms with Gasteiger partial charge in [-0.1, -0.05) is 0 Å². The van der Waals surface area contributed by atoms with Gasteiger partial charge in [0.15, 0.2) is 75.5 Å². The van der Waals surface area contributed by atoms with Crippen molar-refractivity contribution in [3.63, 3.8) is 0 Å². The molecule has 12 rings (SSSR count). The van der Waals surface area contributed by atoms with Gasteiger partial charge in [-0.3, -0.25) is 24.0 Å². The largest absolute Gasteiger partial charge is 0.394 e. The molecule has 0 aromatic carbocycles. The Morgan fingerprint density at radius 1 is 0.190 bits per heavy atom. The second kappa shape index (κ2) is 52.8. The van der Waals surface area contributed by atoms with Crippen LogP contribution in [0.4, 0.5) is 0 Å². The van der Waals surface area contributed by atoms with Gasteiger partial charge in [-0.2, -0.15) is 0 Å². The van der Waals surface area contributed by atoms with Crippen molar-refractivity contribution < 1.29 is 296 Å². The minimum Gasteiger partial charge on any atom is -0.394 e. The van der Waals surface area contributed by atoms with Gasteiger partial charge < -0.3 is 299 Å². The zero-order valence-corrected chi connectivity index (χ0v) is 79.2. The van der Waals surface area contributed by atoms with Crippen LogP contribution in [0.3, 0.4) is 0 Å². The quantitative estimate of drug-likeness (QED) is 0.0273. The van der Waals surface area contributed by atoms with E-state index in [0.29, 0.717) is 0 Å². The molecule has 1 unspecified atom stereocenters. The van der Waals surface area contributed by atoms with Crippen molar-refractivity contribution in [1.82, 2.24) is 26.6 Å². The molecule has 65 nitrogen and oxygen atoms in total. The Morgan fingerprint density at radius 3 is 0.769 bits per heavy atom. The predicted molar refractivity (Wildman–Crippen MR) is 452 cm³/mol. The Bertz CT molecular complexity index is 4110. The van der Waals surface area contributed by atoms with Crippen LogP contribution >= 0.6 is 0 Å². The first kappa shape index (κ1) is 121. The third-order valence-corrected chi connectivity index (χ3v) is 27.0. The molecule has 12 heterocycles. The lowest BCUT2D eigenvalue weighted by molar-refractivity contribution is -0.398. The zero-order chi connectivity index (χ0) is 108. The van der Waals surface area contributed by atoms with Gasteiger partial charge >= 0.3 is 0 Å². The topological polar surface area (TPSA) is 1010 Å². The molecular weight excluding hydrogens is 2010 g/mol. The molecule has 12 saturated heterocycles. The van der Waals surface area contributed by atoms with Crippen LogP contribution in [0.1, 0.15) is 41.5 Å². The van der Waals surface area contributed by atoms with Gasteiger partial charge in [0.1, 0.15) is 287 Å². The second-order valence-electron chi connectivity index (χ2n) is 37.4. The fraction of sp³-hybridized carbons (Fsp3) is 0.939. The van der Waals surface area contributed by atoms with Crippen LogP contribution in [0.5, 0.6) is 0 Å². The van der Waals surface area contributed by atoms with E-state index in [4.69, 9.17) is 109 Å². The third-order valence-electron chi connectivity index (χ3n) is 27.0. The zero-order valence-electron chi connectivity index (χ0n) is 79.2. The van der Waals surface area contributed by atoms with E-state index in [1.807, 2.05) is 0 Å². The van der Waals surface area contributed by atoms with Gasteiger partial charge in [0, 0.05) is 34.6 Å². The molecule has 0 aromatic heterocycles. The number of carbonyl (C=O) groups excluding carboxylic acids is 5. The highest BCUT2D eigenvalue weighted by Crippen LogP contribution is 2.42. The number of ether oxygens (including phenoxy) is 23. The van der Waals surface area contributed by atoms with Crippen LogP contribution < -0.4 is 26.6 Å². The summed E-state index contributed by atoms with van der Waals surface area (Å²) in [4.78, 5) is 65.5. The van der Waals surface area contributed by atoms with Gasteiger partial charge in [-0.25, -0.2) is 0 Å². The molecule has 0 bridgehead atoms. The Kier molecular flexibility index (Phi) is 43.4. The molecule has 850 valence electrons. The van der Waals surface area contributed by atoms with Crippen LogP contribution in [0, 0.1) is 0 Å². The number of hydrogen-bond donors (Lipinski definition) is 37. The van der Waals surface area contributed by atoms with Crippen LogP contribution in [0.25, 0.3) is 0 Å². The summed E-state index contributed by atoms with van der Waals surface area (Å²) in [6.07, 6.45) is -118. The van der Waals surface area contributed by atoms with E-state index in [2.05, 4.69) is 26.6 Å². The lowest BCUT2D eigenvalue weighted by Gasteiger charge is -2.51. The molecule has 0 saturated carbocycles. The summed E-state index contributed by atoms with van der Waals surface area (Å²) in [5.74, 6) is -4.93. The molecule has 0 radical (unpaired) electrons. The summed E-state index contributed by atoms with van der Waals surface area (Å²) < 4.78 is 138. The van der Waals surface area contributed by atoms with Gasteiger partial charge in [0.05, 0.1) is 78.8 Å². The van der Waals surface area contributed by atoms with Crippen LogP contribution in [-0.2, 0) is 133 Å². The third kappa shape index (κ3) is 27.0. The Labute approximate surface area is 832 Å². The Morgan fingerprint density at radius 2 is 0.415 bits per heavy atom. The van der Waals surface area contributed by atoms with Gasteiger partial charge in [0.25, 0.3) is 0 Å². The minimum absolute atomic E-state index is 0.882. The summed E-state index contributed by atoms with van der Waals surface area (Å²) in [5.41, 5.74) is 0. The molecule has 65 heteroatoms. The van der Waals surface area contributed by atoms with Crippen molar-refractivity contribution in [3.05, 3.63) is 0 Å². The van der Waals surface area contributed by atoms with Crippen LogP contribution in [-0.4, -0.2) is 634 Å². The Hall–Kier alpha value is -4.85. The van der Waals surface area contributed by atoms with Crippen molar-refractivity contribution in [2.45, 2.75) is 410 Å². The highest BCUT2D eigenvalue weighted by Gasteiger charge is 2.63. The highest BCUT2D eigenvalue weighted by atomic mass is 16.8. The average molecular weight is 2150 g/mol. The maximum Gasteiger partial charge on any atom is 0.217 e. The van der Waals surface area contributed by atoms with E-state index in [1.165, 1.54) is 6.92 Å². The van der Waals surface area contributed by atoms with Crippen molar-refractivity contribution in [2.75, 3.05) is 72.7 Å². The normalized spacial score (nSPS) is 49.6. The molecule has 0 aromatic rings. The highest BCUT2D eigenvalue weighted by molar-refractivity contribution is 5.75. The van der Waals surface area contributed by atoms with E-state index < -0.39 is 470 Å². The summed E-state index contributed by atoms with van der Waals surface area (Å²) >= 11 is 0. The summed E-state index contributed by atoms with van der Waals surface area (Å²) in [6, 6.07) is -9.94.